The van der Waals surface area contributed by atoms with Crippen LogP contribution in [0.4, 0.5) is 0 Å². The van der Waals surface area contributed by atoms with Crippen molar-refractivity contribution in [2.75, 3.05) is 14.2 Å². The standard InChI is InChI=1S/C16H18O2/c1-12(13-8-10-14(17-2)11-9-13)15-6-4-5-7-16(15)18-3/h4-12H,1-3H3. The first-order valence-corrected chi connectivity index (χ1v) is 6.03. The number of hydrogen-bond acceptors (Lipinski definition) is 2. The molecule has 0 radical (unpaired) electrons. The Bertz CT molecular complexity index is 503. The number of ether oxygens (including phenoxy) is 2. The second kappa shape index (κ2) is 5.58. The van der Waals surface area contributed by atoms with E-state index in [1.807, 2.05) is 30.3 Å². The molecule has 0 aromatic heterocycles. The normalized spacial score (nSPS) is 11.9. The predicted molar refractivity (Wildman–Crippen MR) is 73.5 cm³/mol. The van der Waals surface area contributed by atoms with Gasteiger partial charge in [0, 0.05) is 11.5 Å². The quantitative estimate of drug-likeness (QED) is 0.810. The Kier molecular flexibility index (Phi) is 3.88. The van der Waals surface area contributed by atoms with Crippen molar-refractivity contribution in [2.45, 2.75) is 12.8 Å². The van der Waals surface area contributed by atoms with Crippen LogP contribution in [-0.2, 0) is 0 Å². The van der Waals surface area contributed by atoms with Gasteiger partial charge in [-0.25, -0.2) is 0 Å². The van der Waals surface area contributed by atoms with Crippen LogP contribution in [0.25, 0.3) is 0 Å². The predicted octanol–water partition coefficient (Wildman–Crippen LogP) is 3.86. The molecule has 0 bridgehead atoms. The van der Waals surface area contributed by atoms with E-state index in [1.54, 1.807) is 14.2 Å². The zero-order valence-electron chi connectivity index (χ0n) is 11.0. The summed E-state index contributed by atoms with van der Waals surface area (Å²) < 4.78 is 10.6. The van der Waals surface area contributed by atoms with Gasteiger partial charge in [-0.1, -0.05) is 37.3 Å². The zero-order valence-corrected chi connectivity index (χ0v) is 11.0. The van der Waals surface area contributed by atoms with E-state index < -0.39 is 0 Å². The molecule has 0 N–H and O–H groups in total. The molecule has 0 aliphatic rings. The summed E-state index contributed by atoms with van der Waals surface area (Å²) in [5.41, 5.74) is 2.45. The van der Waals surface area contributed by atoms with Crippen LogP contribution >= 0.6 is 0 Å². The van der Waals surface area contributed by atoms with Crippen LogP contribution in [0.15, 0.2) is 48.5 Å². The highest BCUT2D eigenvalue weighted by Crippen LogP contribution is 2.31. The number of benzene rings is 2. The summed E-state index contributed by atoms with van der Waals surface area (Å²) in [5, 5.41) is 0. The van der Waals surface area contributed by atoms with Gasteiger partial charge in [-0.05, 0) is 23.8 Å². The van der Waals surface area contributed by atoms with E-state index in [-0.39, 0.29) is 0 Å². The zero-order chi connectivity index (χ0) is 13.0. The number of rotatable bonds is 4. The smallest absolute Gasteiger partial charge is 0.122 e. The van der Waals surface area contributed by atoms with Gasteiger partial charge in [0.25, 0.3) is 0 Å². The lowest BCUT2D eigenvalue weighted by atomic mass is 9.92. The molecule has 2 nitrogen and oxygen atoms in total. The van der Waals surface area contributed by atoms with Crippen LogP contribution in [0.3, 0.4) is 0 Å². The van der Waals surface area contributed by atoms with Gasteiger partial charge in [-0.15, -0.1) is 0 Å². The molecule has 1 unspecified atom stereocenters. The average molecular weight is 242 g/mol. The van der Waals surface area contributed by atoms with Gasteiger partial charge in [-0.2, -0.15) is 0 Å². The number of para-hydroxylation sites is 1. The second-order valence-corrected chi connectivity index (χ2v) is 4.24. The summed E-state index contributed by atoms with van der Waals surface area (Å²) in [6.07, 6.45) is 0. The van der Waals surface area contributed by atoms with Gasteiger partial charge >= 0.3 is 0 Å². The molecular formula is C16H18O2. The largest absolute Gasteiger partial charge is 0.497 e. The second-order valence-electron chi connectivity index (χ2n) is 4.24. The van der Waals surface area contributed by atoms with Crippen molar-refractivity contribution in [2.24, 2.45) is 0 Å². The molecule has 2 rings (SSSR count). The lowest BCUT2D eigenvalue weighted by molar-refractivity contribution is 0.408. The fourth-order valence-electron chi connectivity index (χ4n) is 2.10. The number of hydrogen-bond donors (Lipinski definition) is 0. The maximum atomic E-state index is 5.41. The van der Waals surface area contributed by atoms with Gasteiger partial charge in [-0.3, -0.25) is 0 Å². The molecule has 0 fully saturated rings. The summed E-state index contributed by atoms with van der Waals surface area (Å²) >= 11 is 0. The minimum Gasteiger partial charge on any atom is -0.497 e. The van der Waals surface area contributed by atoms with Crippen LogP contribution in [0, 0.1) is 0 Å². The first-order valence-electron chi connectivity index (χ1n) is 6.03. The summed E-state index contributed by atoms with van der Waals surface area (Å²) in [6, 6.07) is 16.3. The molecule has 0 amide bonds. The van der Waals surface area contributed by atoms with Gasteiger partial charge in [0.2, 0.25) is 0 Å². The SMILES string of the molecule is COc1ccc(C(C)c2ccccc2OC)cc1. The van der Waals surface area contributed by atoms with Gasteiger partial charge in [0.05, 0.1) is 14.2 Å². The van der Waals surface area contributed by atoms with Gasteiger partial charge in [0.1, 0.15) is 11.5 Å². The highest BCUT2D eigenvalue weighted by molar-refractivity contribution is 5.42. The highest BCUT2D eigenvalue weighted by Gasteiger charge is 2.12. The Morgan fingerprint density at radius 3 is 2.11 bits per heavy atom. The summed E-state index contributed by atoms with van der Waals surface area (Å²) in [5.74, 6) is 2.11. The van der Waals surface area contributed by atoms with Crippen molar-refractivity contribution in [1.29, 1.82) is 0 Å². The van der Waals surface area contributed by atoms with E-state index in [4.69, 9.17) is 9.47 Å². The molecule has 0 saturated carbocycles. The molecule has 18 heavy (non-hydrogen) atoms. The monoisotopic (exact) mass is 242 g/mol. The molecule has 2 heteroatoms. The molecule has 94 valence electrons. The molecule has 2 aromatic rings. The molecule has 1 atom stereocenters. The minimum atomic E-state index is 0.298. The van der Waals surface area contributed by atoms with Crippen molar-refractivity contribution in [3.05, 3.63) is 59.7 Å². The molecule has 0 spiro atoms. The molecular weight excluding hydrogens is 224 g/mol. The van der Waals surface area contributed by atoms with E-state index >= 15 is 0 Å². The van der Waals surface area contributed by atoms with E-state index in [2.05, 4.69) is 25.1 Å². The van der Waals surface area contributed by atoms with E-state index in [9.17, 15) is 0 Å². The van der Waals surface area contributed by atoms with Gasteiger partial charge in [0.15, 0.2) is 0 Å². The first kappa shape index (κ1) is 12.5. The maximum Gasteiger partial charge on any atom is 0.122 e. The van der Waals surface area contributed by atoms with Crippen molar-refractivity contribution >= 4 is 0 Å². The fraction of sp³-hybridized carbons (Fsp3) is 0.250. The van der Waals surface area contributed by atoms with E-state index in [1.165, 1.54) is 11.1 Å². The Morgan fingerprint density at radius 1 is 0.833 bits per heavy atom. The van der Waals surface area contributed by atoms with Crippen LogP contribution in [0.1, 0.15) is 24.0 Å². The Labute approximate surface area is 108 Å². The molecule has 0 aliphatic heterocycles. The lowest BCUT2D eigenvalue weighted by Gasteiger charge is -2.16. The van der Waals surface area contributed by atoms with Crippen molar-refractivity contribution < 1.29 is 9.47 Å². The number of methoxy groups -OCH3 is 2. The molecule has 0 saturated heterocycles. The van der Waals surface area contributed by atoms with Crippen LogP contribution in [-0.4, -0.2) is 14.2 Å². The van der Waals surface area contributed by atoms with E-state index in [0.717, 1.165) is 11.5 Å². The summed E-state index contributed by atoms with van der Waals surface area (Å²) in [6.45, 7) is 2.18. The third kappa shape index (κ3) is 2.48. The van der Waals surface area contributed by atoms with Crippen LogP contribution in [0.2, 0.25) is 0 Å². The van der Waals surface area contributed by atoms with E-state index in [0.29, 0.717) is 5.92 Å². The molecule has 0 heterocycles. The average Bonchev–Trinajstić information content (AvgIpc) is 2.46. The van der Waals surface area contributed by atoms with Crippen molar-refractivity contribution in [3.8, 4) is 11.5 Å². The van der Waals surface area contributed by atoms with Crippen LogP contribution in [0.5, 0.6) is 11.5 Å². The minimum absolute atomic E-state index is 0.298. The first-order chi connectivity index (χ1) is 8.76. The lowest BCUT2D eigenvalue weighted by Crippen LogP contribution is -1.99. The highest BCUT2D eigenvalue weighted by atomic mass is 16.5. The van der Waals surface area contributed by atoms with Crippen LogP contribution < -0.4 is 9.47 Å². The topological polar surface area (TPSA) is 18.5 Å². The van der Waals surface area contributed by atoms with Crippen molar-refractivity contribution in [3.63, 3.8) is 0 Å². The summed E-state index contributed by atoms with van der Waals surface area (Å²) in [4.78, 5) is 0. The fourth-order valence-corrected chi connectivity index (χ4v) is 2.10. The third-order valence-corrected chi connectivity index (χ3v) is 3.22. The Hall–Kier alpha value is -1.96. The van der Waals surface area contributed by atoms with Crippen molar-refractivity contribution in [1.82, 2.24) is 0 Å². The Morgan fingerprint density at radius 2 is 1.50 bits per heavy atom. The third-order valence-electron chi connectivity index (χ3n) is 3.22. The summed E-state index contributed by atoms with van der Waals surface area (Å²) in [7, 11) is 3.39. The van der Waals surface area contributed by atoms with Gasteiger partial charge < -0.3 is 9.47 Å². The Balaban J connectivity index is 2.31. The maximum absolute atomic E-state index is 5.41. The molecule has 0 aliphatic carbocycles. The molecule has 2 aromatic carbocycles.